The molecule has 1 aromatic rings. The van der Waals surface area contributed by atoms with Gasteiger partial charge in [-0.1, -0.05) is 49.3 Å². The topological polar surface area (TPSA) is 77.8 Å². The lowest BCUT2D eigenvalue weighted by Gasteiger charge is -2.22. The Morgan fingerprint density at radius 2 is 2.00 bits per heavy atom. The van der Waals surface area contributed by atoms with Crippen LogP contribution in [0.3, 0.4) is 0 Å². The van der Waals surface area contributed by atoms with Crippen molar-refractivity contribution in [3.8, 4) is 0 Å². The Labute approximate surface area is 161 Å². The molecule has 0 unspecified atom stereocenters. The van der Waals surface area contributed by atoms with E-state index in [1.165, 1.54) is 5.56 Å². The smallest absolute Gasteiger partial charge is 0.303 e. The molecule has 1 aliphatic rings. The molecule has 0 saturated carbocycles. The first-order valence-electron chi connectivity index (χ1n) is 9.89. The standard InChI is InChI=1S/C22H31NO4/c1-17-8-5-6-9-18(17)16-20(24)13-11-19-12-14-21(25)23(19)15-7-3-2-4-10-22(26)27/h5-6,8-9,11,13,19-20,24H,2-4,7,10,12,14-16H2,1H3,(H,26,27)/t19-,20+/m0/s1. The third kappa shape index (κ3) is 7.18. The van der Waals surface area contributed by atoms with E-state index < -0.39 is 12.1 Å². The minimum absolute atomic E-state index is 0.0584. The van der Waals surface area contributed by atoms with Crippen LogP contribution in [0.25, 0.3) is 0 Å². The number of benzene rings is 1. The monoisotopic (exact) mass is 373 g/mol. The van der Waals surface area contributed by atoms with Crippen LogP contribution in [-0.4, -0.2) is 45.7 Å². The number of aliphatic hydroxyl groups is 1. The van der Waals surface area contributed by atoms with Gasteiger partial charge in [-0.2, -0.15) is 0 Å². The largest absolute Gasteiger partial charge is 0.481 e. The Balaban J connectivity index is 1.78. The van der Waals surface area contributed by atoms with Gasteiger partial charge in [0.05, 0.1) is 12.1 Å². The van der Waals surface area contributed by atoms with Gasteiger partial charge in [-0.15, -0.1) is 0 Å². The summed E-state index contributed by atoms with van der Waals surface area (Å²) in [5.74, 6) is -0.581. The lowest BCUT2D eigenvalue weighted by atomic mass is 10.0. The summed E-state index contributed by atoms with van der Waals surface area (Å²) >= 11 is 0. The first-order chi connectivity index (χ1) is 13.0. The number of rotatable bonds is 11. The molecule has 1 aromatic carbocycles. The number of carboxylic acid groups (broad SMARTS) is 1. The van der Waals surface area contributed by atoms with Crippen molar-refractivity contribution in [1.29, 1.82) is 0 Å². The summed E-state index contributed by atoms with van der Waals surface area (Å²) in [6.07, 6.45) is 8.77. The van der Waals surface area contributed by atoms with Gasteiger partial charge in [0.1, 0.15) is 0 Å². The molecule has 5 heteroatoms. The highest BCUT2D eigenvalue weighted by Crippen LogP contribution is 2.21. The summed E-state index contributed by atoms with van der Waals surface area (Å²) in [7, 11) is 0. The Morgan fingerprint density at radius 3 is 2.74 bits per heavy atom. The fourth-order valence-electron chi connectivity index (χ4n) is 3.55. The van der Waals surface area contributed by atoms with Crippen LogP contribution in [0.1, 0.15) is 56.1 Å². The number of aliphatic hydroxyl groups excluding tert-OH is 1. The van der Waals surface area contributed by atoms with Crippen molar-refractivity contribution in [1.82, 2.24) is 4.90 Å². The minimum atomic E-state index is -0.751. The molecule has 0 spiro atoms. The fraction of sp³-hybridized carbons (Fsp3) is 0.545. The summed E-state index contributed by atoms with van der Waals surface area (Å²) in [6.45, 7) is 2.74. The molecule has 0 aromatic heterocycles. The number of hydrogen-bond acceptors (Lipinski definition) is 3. The Kier molecular flexibility index (Phi) is 8.52. The van der Waals surface area contributed by atoms with Crippen molar-refractivity contribution in [2.45, 2.75) is 70.4 Å². The molecule has 1 saturated heterocycles. The zero-order valence-electron chi connectivity index (χ0n) is 16.1. The number of amides is 1. The van der Waals surface area contributed by atoms with E-state index in [1.807, 2.05) is 48.2 Å². The number of nitrogens with zero attached hydrogens (tertiary/aromatic N) is 1. The second-order valence-corrected chi connectivity index (χ2v) is 7.33. The normalized spacial score (nSPS) is 18.4. The quantitative estimate of drug-likeness (QED) is 0.460. The second-order valence-electron chi connectivity index (χ2n) is 7.33. The number of carbonyl (C=O) groups is 2. The van der Waals surface area contributed by atoms with Crippen molar-refractivity contribution in [2.24, 2.45) is 0 Å². The third-order valence-corrected chi connectivity index (χ3v) is 5.16. The molecule has 27 heavy (non-hydrogen) atoms. The lowest BCUT2D eigenvalue weighted by Crippen LogP contribution is -2.32. The zero-order valence-corrected chi connectivity index (χ0v) is 16.1. The highest BCUT2D eigenvalue weighted by atomic mass is 16.4. The predicted octanol–water partition coefficient (Wildman–Crippen LogP) is 3.48. The van der Waals surface area contributed by atoms with Crippen LogP contribution < -0.4 is 0 Å². The van der Waals surface area contributed by atoms with Gasteiger partial charge in [-0.3, -0.25) is 9.59 Å². The number of carboxylic acids is 1. The lowest BCUT2D eigenvalue weighted by molar-refractivity contribution is -0.137. The maximum atomic E-state index is 12.1. The molecule has 0 bridgehead atoms. The minimum Gasteiger partial charge on any atom is -0.481 e. The molecule has 1 heterocycles. The van der Waals surface area contributed by atoms with Crippen molar-refractivity contribution < 1.29 is 19.8 Å². The summed E-state index contributed by atoms with van der Waals surface area (Å²) in [4.78, 5) is 24.5. The number of carbonyl (C=O) groups excluding carboxylic acids is 1. The Hall–Kier alpha value is -2.14. The average molecular weight is 373 g/mol. The van der Waals surface area contributed by atoms with E-state index in [-0.39, 0.29) is 18.4 Å². The zero-order chi connectivity index (χ0) is 19.6. The van der Waals surface area contributed by atoms with E-state index in [4.69, 9.17) is 5.11 Å². The van der Waals surface area contributed by atoms with Crippen LogP contribution in [0.15, 0.2) is 36.4 Å². The van der Waals surface area contributed by atoms with Crippen LogP contribution in [-0.2, 0) is 16.0 Å². The molecular weight excluding hydrogens is 342 g/mol. The van der Waals surface area contributed by atoms with Crippen LogP contribution >= 0.6 is 0 Å². The van der Waals surface area contributed by atoms with E-state index in [0.29, 0.717) is 25.8 Å². The van der Waals surface area contributed by atoms with Crippen molar-refractivity contribution >= 4 is 11.9 Å². The molecule has 0 radical (unpaired) electrons. The van der Waals surface area contributed by atoms with Gasteiger partial charge in [-0.25, -0.2) is 0 Å². The van der Waals surface area contributed by atoms with E-state index in [2.05, 4.69) is 0 Å². The first-order valence-corrected chi connectivity index (χ1v) is 9.89. The number of hydrogen-bond donors (Lipinski definition) is 2. The van der Waals surface area contributed by atoms with E-state index in [0.717, 1.165) is 31.2 Å². The van der Waals surface area contributed by atoms with Crippen LogP contribution in [0, 0.1) is 6.92 Å². The predicted molar refractivity (Wildman–Crippen MR) is 105 cm³/mol. The molecule has 1 fully saturated rings. The van der Waals surface area contributed by atoms with Gasteiger partial charge >= 0.3 is 5.97 Å². The van der Waals surface area contributed by atoms with Gasteiger partial charge in [0.2, 0.25) is 5.91 Å². The van der Waals surface area contributed by atoms with Gasteiger partial charge in [0.25, 0.3) is 0 Å². The van der Waals surface area contributed by atoms with Crippen molar-refractivity contribution in [3.63, 3.8) is 0 Å². The Morgan fingerprint density at radius 1 is 1.26 bits per heavy atom. The second kappa shape index (κ2) is 10.9. The maximum absolute atomic E-state index is 12.1. The van der Waals surface area contributed by atoms with E-state index in [9.17, 15) is 14.7 Å². The fourth-order valence-corrected chi connectivity index (χ4v) is 3.55. The van der Waals surface area contributed by atoms with Gasteiger partial charge in [0.15, 0.2) is 0 Å². The third-order valence-electron chi connectivity index (χ3n) is 5.16. The highest BCUT2D eigenvalue weighted by molar-refractivity contribution is 5.79. The molecule has 148 valence electrons. The number of likely N-dealkylation sites (tertiary alicyclic amines) is 1. The maximum Gasteiger partial charge on any atom is 0.303 e. The van der Waals surface area contributed by atoms with Gasteiger partial charge in [0, 0.05) is 25.8 Å². The van der Waals surface area contributed by atoms with Crippen LogP contribution in [0.2, 0.25) is 0 Å². The van der Waals surface area contributed by atoms with E-state index in [1.54, 1.807) is 0 Å². The first kappa shape index (κ1) is 21.2. The Bertz CT molecular complexity index is 655. The number of aryl methyl sites for hydroxylation is 1. The SMILES string of the molecule is Cc1ccccc1C[C@H](O)C=C[C@H]1CCC(=O)N1CCCCCCC(=O)O. The molecule has 2 atom stereocenters. The van der Waals surface area contributed by atoms with Crippen molar-refractivity contribution in [3.05, 3.63) is 47.5 Å². The number of unbranched alkanes of at least 4 members (excludes halogenated alkanes) is 3. The van der Waals surface area contributed by atoms with Crippen LogP contribution in [0.5, 0.6) is 0 Å². The molecule has 2 rings (SSSR count). The average Bonchev–Trinajstić information content (AvgIpc) is 2.98. The molecule has 2 N–H and O–H groups in total. The summed E-state index contributed by atoms with van der Waals surface area (Å²) in [5, 5.41) is 19.0. The molecule has 5 nitrogen and oxygen atoms in total. The molecule has 1 amide bonds. The van der Waals surface area contributed by atoms with Gasteiger partial charge < -0.3 is 15.1 Å². The number of aliphatic carboxylic acids is 1. The highest BCUT2D eigenvalue weighted by Gasteiger charge is 2.28. The van der Waals surface area contributed by atoms with Gasteiger partial charge in [-0.05, 0) is 37.3 Å². The molecule has 1 aliphatic heterocycles. The summed E-state index contributed by atoms with van der Waals surface area (Å²) in [6, 6.07) is 8.10. The summed E-state index contributed by atoms with van der Waals surface area (Å²) < 4.78 is 0. The summed E-state index contributed by atoms with van der Waals surface area (Å²) in [5.41, 5.74) is 2.31. The van der Waals surface area contributed by atoms with Crippen LogP contribution in [0.4, 0.5) is 0 Å². The molecule has 0 aliphatic carbocycles. The van der Waals surface area contributed by atoms with Crippen molar-refractivity contribution in [2.75, 3.05) is 6.54 Å². The van der Waals surface area contributed by atoms with E-state index >= 15 is 0 Å². The molecular formula is C22H31NO4.